The molecule has 0 saturated carbocycles. The van der Waals surface area contributed by atoms with Crippen LogP contribution in [0.5, 0.6) is 0 Å². The smallest absolute Gasteiger partial charge is 0.123 e. The van der Waals surface area contributed by atoms with Crippen molar-refractivity contribution < 1.29 is 8.78 Å². The molecule has 0 N–H and O–H groups in total. The second-order valence-electron chi connectivity index (χ2n) is 6.78. The van der Waals surface area contributed by atoms with Crippen LogP contribution in [0.1, 0.15) is 22.3 Å². The third kappa shape index (κ3) is 4.76. The van der Waals surface area contributed by atoms with E-state index in [1.807, 2.05) is 66.7 Å². The number of halogens is 2. The van der Waals surface area contributed by atoms with E-state index in [9.17, 15) is 8.78 Å². The highest BCUT2D eigenvalue weighted by Crippen LogP contribution is 2.23. The highest BCUT2D eigenvalue weighted by molar-refractivity contribution is 6.15. The molecule has 0 unspecified atom stereocenters. The average molecular weight is 395 g/mol. The summed E-state index contributed by atoms with van der Waals surface area (Å²) in [7, 11) is 0. The molecule has 3 heteroatoms. The lowest BCUT2D eigenvalue weighted by atomic mass is 10.0. The van der Waals surface area contributed by atoms with E-state index in [0.717, 1.165) is 28.0 Å². The summed E-state index contributed by atoms with van der Waals surface area (Å²) in [6, 6.07) is 32.2. The van der Waals surface area contributed by atoms with Crippen LogP contribution in [0.4, 0.5) is 8.78 Å². The highest BCUT2D eigenvalue weighted by Gasteiger charge is 2.10. The van der Waals surface area contributed by atoms with Gasteiger partial charge >= 0.3 is 0 Å². The summed E-state index contributed by atoms with van der Waals surface area (Å²) in [5, 5.41) is 0. The normalized spacial score (nSPS) is 11.2. The summed E-state index contributed by atoms with van der Waals surface area (Å²) in [4.78, 5) is 5.00. The molecule has 4 rings (SSSR count). The Kier molecular flexibility index (Phi) is 5.90. The molecule has 0 atom stereocenters. The Hall–Kier alpha value is -3.85. The number of hydrogen-bond acceptors (Lipinski definition) is 1. The SMILES string of the molecule is Fc1ccc(/C=C(/N=C(c2ccccc2)c2ccccc2)c2ccc(F)cc2)cc1. The van der Waals surface area contributed by atoms with Gasteiger partial charge < -0.3 is 0 Å². The van der Waals surface area contributed by atoms with Crippen LogP contribution >= 0.6 is 0 Å². The molecule has 0 amide bonds. The molecule has 0 heterocycles. The fraction of sp³-hybridized carbons (Fsp3) is 0. The van der Waals surface area contributed by atoms with Gasteiger partial charge in [0.2, 0.25) is 0 Å². The quantitative estimate of drug-likeness (QED) is 0.255. The van der Waals surface area contributed by atoms with Gasteiger partial charge in [-0.25, -0.2) is 13.8 Å². The lowest BCUT2D eigenvalue weighted by molar-refractivity contribution is 0.627. The Balaban J connectivity index is 1.90. The van der Waals surface area contributed by atoms with Crippen LogP contribution in [0.15, 0.2) is 114 Å². The van der Waals surface area contributed by atoms with Crippen molar-refractivity contribution >= 4 is 17.5 Å². The number of benzene rings is 4. The van der Waals surface area contributed by atoms with Gasteiger partial charge in [-0.2, -0.15) is 0 Å². The topological polar surface area (TPSA) is 12.4 Å². The first-order valence-electron chi connectivity index (χ1n) is 9.62. The van der Waals surface area contributed by atoms with Gasteiger partial charge in [-0.3, -0.25) is 0 Å². The van der Waals surface area contributed by atoms with E-state index in [0.29, 0.717) is 5.70 Å². The van der Waals surface area contributed by atoms with Gasteiger partial charge in [0.1, 0.15) is 11.6 Å². The summed E-state index contributed by atoms with van der Waals surface area (Å²) < 4.78 is 26.9. The minimum absolute atomic E-state index is 0.298. The first kappa shape index (κ1) is 19.5. The lowest BCUT2D eigenvalue weighted by Gasteiger charge is -2.11. The van der Waals surface area contributed by atoms with Crippen LogP contribution in [0.3, 0.4) is 0 Å². The molecule has 146 valence electrons. The maximum Gasteiger partial charge on any atom is 0.123 e. The van der Waals surface area contributed by atoms with Gasteiger partial charge in [-0.1, -0.05) is 72.8 Å². The Labute approximate surface area is 174 Å². The minimum Gasteiger partial charge on any atom is -0.247 e. The summed E-state index contributed by atoms with van der Waals surface area (Å²) in [6.45, 7) is 0. The second-order valence-corrected chi connectivity index (χ2v) is 6.78. The van der Waals surface area contributed by atoms with Crippen molar-refractivity contribution in [3.05, 3.63) is 143 Å². The van der Waals surface area contributed by atoms with Crippen LogP contribution < -0.4 is 0 Å². The van der Waals surface area contributed by atoms with Gasteiger partial charge in [-0.05, 0) is 48.0 Å². The van der Waals surface area contributed by atoms with Crippen LogP contribution in [-0.4, -0.2) is 5.71 Å². The van der Waals surface area contributed by atoms with Crippen molar-refractivity contribution in [2.24, 2.45) is 4.99 Å². The van der Waals surface area contributed by atoms with E-state index in [1.165, 1.54) is 24.3 Å². The molecule has 0 aromatic heterocycles. The van der Waals surface area contributed by atoms with Crippen LogP contribution in [0.25, 0.3) is 11.8 Å². The Morgan fingerprint density at radius 3 is 1.50 bits per heavy atom. The van der Waals surface area contributed by atoms with Crippen molar-refractivity contribution in [1.82, 2.24) is 0 Å². The molecule has 30 heavy (non-hydrogen) atoms. The summed E-state index contributed by atoms with van der Waals surface area (Å²) in [5.41, 5.74) is 4.97. The summed E-state index contributed by atoms with van der Waals surface area (Å²) in [5.74, 6) is -0.608. The zero-order valence-electron chi connectivity index (χ0n) is 16.2. The van der Waals surface area contributed by atoms with Crippen molar-refractivity contribution in [3.63, 3.8) is 0 Å². The molecular weight excluding hydrogens is 376 g/mol. The molecule has 0 saturated heterocycles. The minimum atomic E-state index is -0.310. The Bertz CT molecular complexity index is 1120. The van der Waals surface area contributed by atoms with Crippen LogP contribution in [0, 0.1) is 11.6 Å². The molecule has 0 spiro atoms. The molecular formula is C27H19F2N. The van der Waals surface area contributed by atoms with E-state index < -0.39 is 0 Å². The Morgan fingerprint density at radius 1 is 0.533 bits per heavy atom. The van der Waals surface area contributed by atoms with Gasteiger partial charge in [0.05, 0.1) is 11.4 Å². The molecule has 0 bridgehead atoms. The zero-order valence-corrected chi connectivity index (χ0v) is 16.2. The molecule has 0 fully saturated rings. The summed E-state index contributed by atoms with van der Waals surface area (Å²) >= 11 is 0. The first-order chi connectivity index (χ1) is 14.7. The van der Waals surface area contributed by atoms with E-state index in [2.05, 4.69) is 0 Å². The second kappa shape index (κ2) is 9.10. The van der Waals surface area contributed by atoms with E-state index >= 15 is 0 Å². The van der Waals surface area contributed by atoms with Gasteiger partial charge in [-0.15, -0.1) is 0 Å². The zero-order chi connectivity index (χ0) is 20.8. The lowest BCUT2D eigenvalue weighted by Crippen LogP contribution is -2.03. The largest absolute Gasteiger partial charge is 0.247 e. The van der Waals surface area contributed by atoms with Crippen molar-refractivity contribution in [3.8, 4) is 0 Å². The monoisotopic (exact) mass is 395 g/mol. The molecule has 0 aliphatic heterocycles. The number of nitrogens with zero attached hydrogens (tertiary/aromatic N) is 1. The van der Waals surface area contributed by atoms with Crippen LogP contribution in [0.2, 0.25) is 0 Å². The van der Waals surface area contributed by atoms with Gasteiger partial charge in [0.15, 0.2) is 0 Å². The average Bonchev–Trinajstić information content (AvgIpc) is 2.80. The molecule has 1 nitrogen and oxygen atoms in total. The summed E-state index contributed by atoms with van der Waals surface area (Å²) in [6.07, 6.45) is 1.87. The van der Waals surface area contributed by atoms with Crippen molar-refractivity contribution in [2.45, 2.75) is 0 Å². The number of aliphatic imine (C=N–C) groups is 1. The molecule has 0 radical (unpaired) electrons. The standard InChI is InChI=1S/C27H19F2N/c28-24-15-11-20(12-16-24)19-26(21-13-17-25(29)18-14-21)30-27(22-7-3-1-4-8-22)23-9-5-2-6-10-23/h1-19H/b26-19+. The molecule has 0 aliphatic carbocycles. The third-order valence-corrected chi connectivity index (χ3v) is 4.64. The molecule has 0 aliphatic rings. The van der Waals surface area contributed by atoms with Crippen LogP contribution in [-0.2, 0) is 0 Å². The predicted molar refractivity (Wildman–Crippen MR) is 119 cm³/mol. The number of rotatable bonds is 5. The van der Waals surface area contributed by atoms with Gasteiger partial charge in [0.25, 0.3) is 0 Å². The van der Waals surface area contributed by atoms with Gasteiger partial charge in [0, 0.05) is 16.7 Å². The predicted octanol–water partition coefficient (Wildman–Crippen LogP) is 7.00. The number of hydrogen-bond donors (Lipinski definition) is 0. The van der Waals surface area contributed by atoms with E-state index in [4.69, 9.17) is 4.99 Å². The third-order valence-electron chi connectivity index (χ3n) is 4.64. The van der Waals surface area contributed by atoms with Crippen molar-refractivity contribution in [2.75, 3.05) is 0 Å². The highest BCUT2D eigenvalue weighted by atomic mass is 19.1. The first-order valence-corrected chi connectivity index (χ1v) is 9.62. The fourth-order valence-corrected chi connectivity index (χ4v) is 3.13. The van der Waals surface area contributed by atoms with E-state index in [-0.39, 0.29) is 11.6 Å². The molecule has 4 aromatic carbocycles. The Morgan fingerprint density at radius 2 is 1.00 bits per heavy atom. The maximum absolute atomic E-state index is 13.5. The van der Waals surface area contributed by atoms with E-state index in [1.54, 1.807) is 24.3 Å². The maximum atomic E-state index is 13.5. The fourth-order valence-electron chi connectivity index (χ4n) is 3.13. The molecule has 4 aromatic rings. The van der Waals surface area contributed by atoms with Crippen molar-refractivity contribution in [1.29, 1.82) is 0 Å².